The number of unbranched alkanes of at least 4 members (excludes halogenated alkanes) is 2. The number of hydrogen-bond acceptors (Lipinski definition) is 0. The maximum atomic E-state index is 2.38. The molecule has 0 fully saturated rings. The van der Waals surface area contributed by atoms with Gasteiger partial charge in [0.2, 0.25) is 0 Å². The lowest BCUT2D eigenvalue weighted by atomic mass is 10.3. The van der Waals surface area contributed by atoms with E-state index in [0.717, 1.165) is 0 Å². The normalized spacial score (nSPS) is 11.5. The van der Waals surface area contributed by atoms with Crippen molar-refractivity contribution in [2.45, 2.75) is 19.3 Å². The predicted molar refractivity (Wildman–Crippen MR) is 61.1 cm³/mol. The smallest absolute Gasteiger partial charge is 0.0331 e. The zero-order chi connectivity index (χ0) is 8.69. The molecule has 0 spiro atoms. The van der Waals surface area contributed by atoms with E-state index in [1.165, 1.54) is 31.6 Å². The van der Waals surface area contributed by atoms with Crippen molar-refractivity contribution in [3.05, 3.63) is 0 Å². The zero-order valence-corrected chi connectivity index (χ0v) is 10.2. The monoisotopic (exact) mass is 192 g/mol. The Morgan fingerprint density at radius 3 is 1.27 bits per heavy atom. The summed E-state index contributed by atoms with van der Waals surface area (Å²) in [4.78, 5) is 0. The Hall–Kier alpha value is 0.860. The first kappa shape index (κ1) is 11.9. The van der Waals surface area contributed by atoms with Gasteiger partial charge in [-0.15, -0.1) is 15.8 Å². The number of rotatable bonds is 6. The van der Waals surface area contributed by atoms with Crippen LogP contribution in [0.5, 0.6) is 0 Å². The second-order valence-electron chi connectivity index (χ2n) is 3.67. The van der Waals surface area contributed by atoms with Gasteiger partial charge in [-0.2, -0.15) is 0 Å². The van der Waals surface area contributed by atoms with E-state index in [1.54, 1.807) is 0 Å². The van der Waals surface area contributed by atoms with Crippen molar-refractivity contribution in [3.63, 3.8) is 0 Å². The summed E-state index contributed by atoms with van der Waals surface area (Å²) in [6, 6.07) is 0. The molecule has 0 aromatic carbocycles. The predicted octanol–water partition coefficient (Wildman–Crippen LogP) is 3.64. The first-order valence-corrected chi connectivity index (χ1v) is 9.26. The molecule has 0 atom stereocenters. The molecule has 0 aliphatic heterocycles. The third-order valence-electron chi connectivity index (χ3n) is 1.71. The largest absolute Gasteiger partial charge is 0.113 e. The summed E-state index contributed by atoms with van der Waals surface area (Å²) in [5.74, 6) is 0. The summed E-state index contributed by atoms with van der Waals surface area (Å²) in [6.07, 6.45) is 7.39. The molecule has 0 aliphatic rings. The van der Waals surface area contributed by atoms with Crippen molar-refractivity contribution in [2.24, 2.45) is 0 Å². The Morgan fingerprint density at radius 1 is 0.636 bits per heavy atom. The second-order valence-corrected chi connectivity index (χ2v) is 8.88. The quantitative estimate of drug-likeness (QED) is 0.445. The molecule has 0 saturated carbocycles. The Balaban J connectivity index is 2.91. The van der Waals surface area contributed by atoms with Crippen LogP contribution in [0.4, 0.5) is 0 Å². The molecule has 2 heteroatoms. The lowest BCUT2D eigenvalue weighted by Gasteiger charge is -2.06. The van der Waals surface area contributed by atoms with Crippen molar-refractivity contribution in [3.8, 4) is 0 Å². The van der Waals surface area contributed by atoms with E-state index in [4.69, 9.17) is 0 Å². The molecule has 0 aromatic heterocycles. The highest BCUT2D eigenvalue weighted by atomic mass is 31.1. The van der Waals surface area contributed by atoms with E-state index in [-0.39, 0.29) is 0 Å². The first-order chi connectivity index (χ1) is 5.13. The fourth-order valence-corrected chi connectivity index (χ4v) is 2.74. The fourth-order valence-electron chi connectivity index (χ4n) is 1.03. The molecule has 11 heavy (non-hydrogen) atoms. The van der Waals surface area contributed by atoms with Crippen LogP contribution in [-0.2, 0) is 0 Å². The molecule has 0 saturated heterocycles. The molecular formula is C9H22P2. The van der Waals surface area contributed by atoms with Gasteiger partial charge in [0.1, 0.15) is 0 Å². The summed E-state index contributed by atoms with van der Waals surface area (Å²) >= 11 is 0. The van der Waals surface area contributed by atoms with E-state index < -0.39 is 0 Å². The van der Waals surface area contributed by atoms with E-state index in [9.17, 15) is 0 Å². The van der Waals surface area contributed by atoms with Gasteiger partial charge >= 0.3 is 0 Å². The minimum absolute atomic E-state index is 0.373. The molecule has 0 heterocycles. The molecule has 0 rings (SSSR count). The molecule has 0 unspecified atom stereocenters. The fraction of sp³-hybridized carbons (Fsp3) is 1.00. The SMILES string of the molecule is CP(C)CCCCCP(C)C. The molecule has 0 amide bonds. The molecular weight excluding hydrogens is 170 g/mol. The summed E-state index contributed by atoms with van der Waals surface area (Å²) in [5.41, 5.74) is 0. The zero-order valence-electron chi connectivity index (χ0n) is 8.43. The Morgan fingerprint density at radius 2 is 1.00 bits per heavy atom. The van der Waals surface area contributed by atoms with Gasteiger partial charge < -0.3 is 0 Å². The highest BCUT2D eigenvalue weighted by Crippen LogP contribution is 2.28. The van der Waals surface area contributed by atoms with Gasteiger partial charge in [-0.1, -0.05) is 6.42 Å². The lowest BCUT2D eigenvalue weighted by molar-refractivity contribution is 0.781. The van der Waals surface area contributed by atoms with Gasteiger partial charge in [0.15, 0.2) is 0 Å². The van der Waals surface area contributed by atoms with Gasteiger partial charge in [-0.05, 0) is 51.8 Å². The second kappa shape index (κ2) is 7.51. The summed E-state index contributed by atoms with van der Waals surface area (Å²) in [5, 5.41) is 0. The lowest BCUT2D eigenvalue weighted by Crippen LogP contribution is -1.86. The Kier molecular flexibility index (Phi) is 8.09. The molecule has 0 bridgehead atoms. The average Bonchev–Trinajstić information content (AvgIpc) is 1.85. The van der Waals surface area contributed by atoms with Gasteiger partial charge in [0.25, 0.3) is 0 Å². The highest BCUT2D eigenvalue weighted by molar-refractivity contribution is 7.56. The standard InChI is InChI=1S/C9H22P2/c1-10(2)8-6-5-7-9-11(3)4/h5-9H2,1-4H3. The third kappa shape index (κ3) is 10.9. The van der Waals surface area contributed by atoms with Crippen LogP contribution in [0, 0.1) is 0 Å². The van der Waals surface area contributed by atoms with Crippen LogP contribution in [0.3, 0.4) is 0 Å². The molecule has 0 aromatic rings. The van der Waals surface area contributed by atoms with Crippen LogP contribution in [0.15, 0.2) is 0 Å². The Labute approximate surface area is 74.7 Å². The van der Waals surface area contributed by atoms with Crippen LogP contribution >= 0.6 is 15.8 Å². The van der Waals surface area contributed by atoms with E-state index in [1.807, 2.05) is 0 Å². The molecule has 68 valence electrons. The maximum absolute atomic E-state index is 2.38. The minimum atomic E-state index is 0.373. The molecule has 0 radical (unpaired) electrons. The average molecular weight is 192 g/mol. The Bertz CT molecular complexity index is 69.6. The van der Waals surface area contributed by atoms with Gasteiger partial charge in [0, 0.05) is 0 Å². The molecule has 0 aliphatic carbocycles. The van der Waals surface area contributed by atoms with Crippen LogP contribution in [0.1, 0.15) is 19.3 Å². The van der Waals surface area contributed by atoms with Crippen LogP contribution in [0.2, 0.25) is 0 Å². The molecule has 0 nitrogen and oxygen atoms in total. The summed E-state index contributed by atoms with van der Waals surface area (Å²) in [7, 11) is 0.746. The summed E-state index contributed by atoms with van der Waals surface area (Å²) < 4.78 is 0. The summed E-state index contributed by atoms with van der Waals surface area (Å²) in [6.45, 7) is 9.51. The van der Waals surface area contributed by atoms with Gasteiger partial charge in [0.05, 0.1) is 0 Å². The minimum Gasteiger partial charge on any atom is -0.113 e. The van der Waals surface area contributed by atoms with Crippen LogP contribution < -0.4 is 0 Å². The van der Waals surface area contributed by atoms with E-state index >= 15 is 0 Å². The van der Waals surface area contributed by atoms with Crippen molar-refractivity contribution in [1.29, 1.82) is 0 Å². The van der Waals surface area contributed by atoms with E-state index in [0.29, 0.717) is 15.8 Å². The van der Waals surface area contributed by atoms with Crippen molar-refractivity contribution in [1.82, 2.24) is 0 Å². The van der Waals surface area contributed by atoms with Crippen molar-refractivity contribution >= 4 is 15.8 Å². The van der Waals surface area contributed by atoms with Gasteiger partial charge in [-0.3, -0.25) is 0 Å². The van der Waals surface area contributed by atoms with E-state index in [2.05, 4.69) is 26.7 Å². The van der Waals surface area contributed by atoms with Crippen LogP contribution in [-0.4, -0.2) is 39.0 Å². The highest BCUT2D eigenvalue weighted by Gasteiger charge is 1.95. The van der Waals surface area contributed by atoms with Crippen molar-refractivity contribution in [2.75, 3.05) is 39.0 Å². The first-order valence-electron chi connectivity index (χ1n) is 4.42. The molecule has 0 N–H and O–H groups in total. The maximum Gasteiger partial charge on any atom is -0.0331 e. The van der Waals surface area contributed by atoms with Crippen molar-refractivity contribution < 1.29 is 0 Å². The van der Waals surface area contributed by atoms with Crippen LogP contribution in [0.25, 0.3) is 0 Å². The third-order valence-corrected chi connectivity index (χ3v) is 4.13. The number of hydrogen-bond donors (Lipinski definition) is 0. The van der Waals surface area contributed by atoms with Gasteiger partial charge in [-0.25, -0.2) is 0 Å². The topological polar surface area (TPSA) is 0 Å².